The second kappa shape index (κ2) is 9.53. The summed E-state index contributed by atoms with van der Waals surface area (Å²) in [5.41, 5.74) is 3.18. The van der Waals surface area contributed by atoms with Gasteiger partial charge in [-0.25, -0.2) is 4.98 Å². The lowest BCUT2D eigenvalue weighted by Gasteiger charge is -2.09. The van der Waals surface area contributed by atoms with Crippen LogP contribution in [0, 0.1) is 5.92 Å². The van der Waals surface area contributed by atoms with Crippen molar-refractivity contribution in [2.75, 3.05) is 6.26 Å². The van der Waals surface area contributed by atoms with E-state index in [4.69, 9.17) is 4.74 Å². The lowest BCUT2D eigenvalue weighted by Crippen LogP contribution is -2.07. The smallest absolute Gasteiger partial charge is 0.189 e. The third-order valence-corrected chi connectivity index (χ3v) is 5.60. The summed E-state index contributed by atoms with van der Waals surface area (Å²) in [6, 6.07) is 14.1. The summed E-state index contributed by atoms with van der Waals surface area (Å²) in [5.74, 6) is 1.59. The van der Waals surface area contributed by atoms with Crippen molar-refractivity contribution in [3.63, 3.8) is 0 Å². The van der Waals surface area contributed by atoms with Crippen LogP contribution in [0.4, 0.5) is 0 Å². The molecule has 27 heavy (non-hydrogen) atoms. The van der Waals surface area contributed by atoms with Gasteiger partial charge in [0.25, 0.3) is 0 Å². The molecule has 2 aromatic carbocycles. The zero-order chi connectivity index (χ0) is 18.7. The van der Waals surface area contributed by atoms with E-state index in [2.05, 4.69) is 40.6 Å². The van der Waals surface area contributed by atoms with Crippen molar-refractivity contribution >= 4 is 52.9 Å². The number of hydrogen-bond acceptors (Lipinski definition) is 4. The molecule has 0 saturated carbocycles. The van der Waals surface area contributed by atoms with E-state index in [-0.39, 0.29) is 23.4 Å². The summed E-state index contributed by atoms with van der Waals surface area (Å²) < 4.78 is 7.97. The van der Waals surface area contributed by atoms with Crippen molar-refractivity contribution in [1.82, 2.24) is 9.55 Å². The van der Waals surface area contributed by atoms with E-state index in [0.717, 1.165) is 28.2 Å². The summed E-state index contributed by atoms with van der Waals surface area (Å²) in [6.07, 6.45) is 2.75. The fraction of sp³-hybridized carbons (Fsp3) is 0.300. The predicted octanol–water partition coefficient (Wildman–Crippen LogP) is 4.93. The van der Waals surface area contributed by atoms with Crippen molar-refractivity contribution in [2.45, 2.75) is 24.8 Å². The number of carbonyl (C=O) groups is 1. The topological polar surface area (TPSA) is 44.1 Å². The monoisotopic (exact) mass is 422 g/mol. The minimum Gasteiger partial charge on any atom is -0.486 e. The highest BCUT2D eigenvalue weighted by Gasteiger charge is 2.11. The van der Waals surface area contributed by atoms with Gasteiger partial charge in [0.2, 0.25) is 0 Å². The van der Waals surface area contributed by atoms with E-state index in [9.17, 15) is 4.79 Å². The molecule has 0 aliphatic carbocycles. The molecule has 1 heterocycles. The number of hydrogen-bond donors (Lipinski definition) is 1. The standard InChI is InChI=1S/C20H22N2O2S2.ClH/c1-13(20(23)25)10-14-4-6-15(7-5-14)24-12-19-21-17-9-8-16(26-3)11-18(17)22(19)2;/h4-9,11,13H,10,12H2,1-3H3,(H,23,25);1H. The molecule has 0 amide bonds. The van der Waals surface area contributed by atoms with Crippen LogP contribution in [0.25, 0.3) is 11.0 Å². The SMILES string of the molecule is CSc1ccc2nc(COc3ccc(CC(C)C(=O)S)cc3)n(C)c2c1.Cl. The van der Waals surface area contributed by atoms with Gasteiger partial charge < -0.3 is 9.30 Å². The summed E-state index contributed by atoms with van der Waals surface area (Å²) in [6.45, 7) is 2.29. The first-order valence-corrected chi connectivity index (χ1v) is 10.1. The molecule has 0 radical (unpaired) electrons. The molecule has 0 fully saturated rings. The van der Waals surface area contributed by atoms with Crippen LogP contribution in [0.1, 0.15) is 18.3 Å². The van der Waals surface area contributed by atoms with Crippen LogP contribution in [0.5, 0.6) is 5.75 Å². The Kier molecular flexibility index (Phi) is 7.65. The molecule has 4 nitrogen and oxygen atoms in total. The van der Waals surface area contributed by atoms with Crippen LogP contribution in [-0.4, -0.2) is 20.9 Å². The summed E-state index contributed by atoms with van der Waals surface area (Å²) >= 11 is 5.61. The van der Waals surface area contributed by atoms with Gasteiger partial charge in [-0.15, -0.1) is 36.8 Å². The zero-order valence-corrected chi connectivity index (χ0v) is 18.0. The van der Waals surface area contributed by atoms with Crippen LogP contribution in [-0.2, 0) is 24.9 Å². The Labute approximate surface area is 175 Å². The number of ether oxygens (including phenoxy) is 1. The number of rotatable bonds is 7. The highest BCUT2D eigenvalue weighted by atomic mass is 35.5. The molecule has 3 aromatic rings. The molecule has 0 N–H and O–H groups in total. The van der Waals surface area contributed by atoms with Crippen LogP contribution in [0.2, 0.25) is 0 Å². The molecule has 0 saturated heterocycles. The molecular formula is C20H23ClN2O2S2. The van der Waals surface area contributed by atoms with Crippen LogP contribution < -0.4 is 4.74 Å². The number of imidazole rings is 1. The Morgan fingerprint density at radius 1 is 1.26 bits per heavy atom. The first-order valence-electron chi connectivity index (χ1n) is 8.42. The quantitative estimate of drug-likeness (QED) is 0.433. The Balaban J connectivity index is 0.00000261. The van der Waals surface area contributed by atoms with Gasteiger partial charge in [-0.05, 0) is 48.6 Å². The van der Waals surface area contributed by atoms with E-state index in [1.54, 1.807) is 11.8 Å². The number of carbonyl (C=O) groups excluding carboxylic acids is 1. The fourth-order valence-corrected chi connectivity index (χ4v) is 3.31. The third-order valence-electron chi connectivity index (χ3n) is 4.44. The number of nitrogens with zero attached hydrogens (tertiary/aromatic N) is 2. The van der Waals surface area contributed by atoms with Crippen molar-refractivity contribution in [3.8, 4) is 5.75 Å². The molecule has 144 valence electrons. The molecule has 1 unspecified atom stereocenters. The van der Waals surface area contributed by atoms with Crippen molar-refractivity contribution in [1.29, 1.82) is 0 Å². The molecule has 7 heteroatoms. The molecule has 0 spiro atoms. The Bertz CT molecular complexity index is 926. The zero-order valence-electron chi connectivity index (χ0n) is 15.5. The lowest BCUT2D eigenvalue weighted by molar-refractivity contribution is -0.113. The number of fused-ring (bicyclic) bond motifs is 1. The predicted molar refractivity (Wildman–Crippen MR) is 117 cm³/mol. The Morgan fingerprint density at radius 3 is 2.59 bits per heavy atom. The molecule has 0 bridgehead atoms. The first kappa shape index (κ1) is 21.7. The van der Waals surface area contributed by atoms with E-state index in [1.165, 1.54) is 4.90 Å². The van der Waals surface area contributed by atoms with E-state index < -0.39 is 0 Å². The minimum absolute atomic E-state index is 0. The molecular weight excluding hydrogens is 400 g/mol. The second-order valence-corrected chi connectivity index (χ2v) is 7.64. The van der Waals surface area contributed by atoms with Gasteiger partial charge in [0.05, 0.1) is 11.0 Å². The maximum Gasteiger partial charge on any atom is 0.189 e. The number of aromatic nitrogens is 2. The van der Waals surface area contributed by atoms with Gasteiger partial charge in [0.15, 0.2) is 5.12 Å². The lowest BCUT2D eigenvalue weighted by atomic mass is 10.0. The highest BCUT2D eigenvalue weighted by Crippen LogP contribution is 2.23. The summed E-state index contributed by atoms with van der Waals surface area (Å²) in [4.78, 5) is 17.1. The number of halogens is 1. The molecule has 1 atom stereocenters. The first-order chi connectivity index (χ1) is 12.5. The van der Waals surface area contributed by atoms with Crippen molar-refractivity contribution < 1.29 is 9.53 Å². The van der Waals surface area contributed by atoms with Gasteiger partial charge >= 0.3 is 0 Å². The normalized spacial score (nSPS) is 11.9. The molecule has 0 aliphatic heterocycles. The fourth-order valence-electron chi connectivity index (χ4n) is 2.79. The molecule has 1 aromatic heterocycles. The summed E-state index contributed by atoms with van der Waals surface area (Å²) in [7, 11) is 2.01. The van der Waals surface area contributed by atoms with Gasteiger partial charge in [-0.3, -0.25) is 4.79 Å². The molecule has 0 aliphatic rings. The maximum atomic E-state index is 11.2. The Hall–Kier alpha value is -1.63. The van der Waals surface area contributed by atoms with E-state index in [0.29, 0.717) is 13.0 Å². The van der Waals surface area contributed by atoms with Crippen LogP contribution in [0.15, 0.2) is 47.4 Å². The molecule has 3 rings (SSSR count). The van der Waals surface area contributed by atoms with E-state index >= 15 is 0 Å². The van der Waals surface area contributed by atoms with Crippen LogP contribution in [0.3, 0.4) is 0 Å². The number of benzene rings is 2. The number of thioether (sulfide) groups is 1. The third kappa shape index (κ3) is 5.21. The van der Waals surface area contributed by atoms with Gasteiger partial charge in [-0.1, -0.05) is 19.1 Å². The van der Waals surface area contributed by atoms with E-state index in [1.807, 2.05) is 44.3 Å². The number of thiol groups is 1. The van der Waals surface area contributed by atoms with Crippen LogP contribution >= 0.6 is 36.8 Å². The van der Waals surface area contributed by atoms with Gasteiger partial charge in [0.1, 0.15) is 18.2 Å². The Morgan fingerprint density at radius 2 is 1.96 bits per heavy atom. The average molecular weight is 423 g/mol. The van der Waals surface area contributed by atoms with Gasteiger partial charge in [0, 0.05) is 17.9 Å². The second-order valence-electron chi connectivity index (χ2n) is 6.32. The average Bonchev–Trinajstić information content (AvgIpc) is 2.96. The van der Waals surface area contributed by atoms with Crippen molar-refractivity contribution in [3.05, 3.63) is 53.9 Å². The highest BCUT2D eigenvalue weighted by molar-refractivity contribution is 7.98. The largest absolute Gasteiger partial charge is 0.486 e. The number of aryl methyl sites for hydroxylation is 1. The van der Waals surface area contributed by atoms with Gasteiger partial charge in [-0.2, -0.15) is 0 Å². The summed E-state index contributed by atoms with van der Waals surface area (Å²) in [5, 5.41) is -0.0863. The van der Waals surface area contributed by atoms with Crippen molar-refractivity contribution in [2.24, 2.45) is 13.0 Å². The maximum absolute atomic E-state index is 11.2. The minimum atomic E-state index is -0.0868.